The molecule has 0 saturated carbocycles. The molecule has 2 rings (SSSR count). The highest BCUT2D eigenvalue weighted by Gasteiger charge is 2.23. The smallest absolute Gasteiger partial charge is 0.409 e. The standard InChI is InChI=1S/C19H28N2O5/c1-4-25-16-7-6-15(12-17(16)26-5-2)18(22)20-13-14-8-10-21(11-9-14)19(23)24-3/h6-7,12,14H,4-5,8-11,13H2,1-3H3,(H,20,22). The first kappa shape index (κ1) is 19.9. The molecular weight excluding hydrogens is 336 g/mol. The van der Waals surface area contributed by atoms with Gasteiger partial charge in [0.05, 0.1) is 20.3 Å². The second-order valence-electron chi connectivity index (χ2n) is 6.14. The number of nitrogens with zero attached hydrogens (tertiary/aromatic N) is 1. The van der Waals surface area contributed by atoms with Gasteiger partial charge in [0.1, 0.15) is 0 Å². The molecule has 1 N–H and O–H groups in total. The van der Waals surface area contributed by atoms with E-state index in [1.54, 1.807) is 23.1 Å². The summed E-state index contributed by atoms with van der Waals surface area (Å²) in [6.45, 7) is 6.74. The summed E-state index contributed by atoms with van der Waals surface area (Å²) in [5.74, 6) is 1.44. The Morgan fingerprint density at radius 1 is 1.12 bits per heavy atom. The van der Waals surface area contributed by atoms with E-state index in [2.05, 4.69) is 5.32 Å². The Balaban J connectivity index is 1.88. The van der Waals surface area contributed by atoms with Crippen LogP contribution in [0.3, 0.4) is 0 Å². The number of hydrogen-bond acceptors (Lipinski definition) is 5. The van der Waals surface area contributed by atoms with E-state index >= 15 is 0 Å². The molecule has 0 aromatic heterocycles. The Morgan fingerprint density at radius 2 is 1.77 bits per heavy atom. The number of hydrogen-bond donors (Lipinski definition) is 1. The van der Waals surface area contributed by atoms with Crippen molar-refractivity contribution in [1.29, 1.82) is 0 Å². The lowest BCUT2D eigenvalue weighted by Gasteiger charge is -2.30. The van der Waals surface area contributed by atoms with Crippen LogP contribution in [0.1, 0.15) is 37.0 Å². The molecule has 0 spiro atoms. The lowest BCUT2D eigenvalue weighted by molar-refractivity contribution is 0.0914. The summed E-state index contributed by atoms with van der Waals surface area (Å²) in [5.41, 5.74) is 0.545. The number of piperidine rings is 1. The number of carbonyl (C=O) groups excluding carboxylic acids is 2. The van der Waals surface area contributed by atoms with E-state index in [4.69, 9.17) is 14.2 Å². The highest BCUT2D eigenvalue weighted by atomic mass is 16.5. The SMILES string of the molecule is CCOc1ccc(C(=O)NCC2CCN(C(=O)OC)CC2)cc1OCC. The van der Waals surface area contributed by atoms with Gasteiger partial charge in [0.15, 0.2) is 11.5 Å². The number of methoxy groups -OCH3 is 1. The molecule has 0 radical (unpaired) electrons. The molecule has 2 amide bonds. The van der Waals surface area contributed by atoms with Crippen LogP contribution in [0.2, 0.25) is 0 Å². The summed E-state index contributed by atoms with van der Waals surface area (Å²) >= 11 is 0. The van der Waals surface area contributed by atoms with Crippen molar-refractivity contribution in [2.24, 2.45) is 5.92 Å². The van der Waals surface area contributed by atoms with E-state index in [1.807, 2.05) is 13.8 Å². The maximum absolute atomic E-state index is 12.4. The van der Waals surface area contributed by atoms with Crippen LogP contribution in [0.5, 0.6) is 11.5 Å². The third kappa shape index (κ3) is 5.28. The van der Waals surface area contributed by atoms with Gasteiger partial charge in [-0.2, -0.15) is 0 Å². The van der Waals surface area contributed by atoms with Gasteiger partial charge < -0.3 is 24.4 Å². The van der Waals surface area contributed by atoms with Gasteiger partial charge >= 0.3 is 6.09 Å². The van der Waals surface area contributed by atoms with Crippen LogP contribution in [-0.2, 0) is 4.74 Å². The van der Waals surface area contributed by atoms with Crippen LogP contribution in [-0.4, -0.2) is 56.9 Å². The van der Waals surface area contributed by atoms with Crippen molar-refractivity contribution in [3.8, 4) is 11.5 Å². The molecule has 1 heterocycles. The molecule has 7 nitrogen and oxygen atoms in total. The number of benzene rings is 1. The van der Waals surface area contributed by atoms with Crippen LogP contribution in [0.25, 0.3) is 0 Å². The lowest BCUT2D eigenvalue weighted by Crippen LogP contribution is -2.41. The van der Waals surface area contributed by atoms with Crippen molar-refractivity contribution < 1.29 is 23.8 Å². The molecule has 0 aliphatic carbocycles. The molecule has 1 fully saturated rings. The van der Waals surface area contributed by atoms with Crippen molar-refractivity contribution in [1.82, 2.24) is 10.2 Å². The Bertz CT molecular complexity index is 612. The zero-order valence-electron chi connectivity index (χ0n) is 15.7. The van der Waals surface area contributed by atoms with E-state index < -0.39 is 0 Å². The monoisotopic (exact) mass is 364 g/mol. The zero-order valence-corrected chi connectivity index (χ0v) is 15.7. The fourth-order valence-electron chi connectivity index (χ4n) is 2.98. The molecule has 1 aromatic carbocycles. The predicted octanol–water partition coefficient (Wildman–Crippen LogP) is 2.69. The third-order valence-electron chi connectivity index (χ3n) is 4.40. The summed E-state index contributed by atoms with van der Waals surface area (Å²) in [4.78, 5) is 25.6. The molecular formula is C19H28N2O5. The fourth-order valence-corrected chi connectivity index (χ4v) is 2.98. The zero-order chi connectivity index (χ0) is 18.9. The van der Waals surface area contributed by atoms with E-state index in [0.717, 1.165) is 12.8 Å². The molecule has 0 bridgehead atoms. The number of amides is 2. The van der Waals surface area contributed by atoms with E-state index in [1.165, 1.54) is 7.11 Å². The first-order chi connectivity index (χ1) is 12.6. The van der Waals surface area contributed by atoms with Crippen LogP contribution >= 0.6 is 0 Å². The normalized spacial score (nSPS) is 14.7. The molecule has 1 saturated heterocycles. The molecule has 26 heavy (non-hydrogen) atoms. The third-order valence-corrected chi connectivity index (χ3v) is 4.40. The Kier molecular flexibility index (Phi) is 7.56. The minimum absolute atomic E-state index is 0.135. The summed E-state index contributed by atoms with van der Waals surface area (Å²) in [7, 11) is 1.39. The minimum Gasteiger partial charge on any atom is -0.490 e. The first-order valence-electron chi connectivity index (χ1n) is 9.09. The van der Waals surface area contributed by atoms with Gasteiger partial charge in [-0.15, -0.1) is 0 Å². The van der Waals surface area contributed by atoms with Crippen LogP contribution in [0.4, 0.5) is 4.79 Å². The maximum Gasteiger partial charge on any atom is 0.409 e. The van der Waals surface area contributed by atoms with Gasteiger partial charge in [-0.3, -0.25) is 4.79 Å². The van der Waals surface area contributed by atoms with Crippen LogP contribution < -0.4 is 14.8 Å². The van der Waals surface area contributed by atoms with Crippen molar-refractivity contribution in [3.63, 3.8) is 0 Å². The van der Waals surface area contributed by atoms with Crippen molar-refractivity contribution in [2.45, 2.75) is 26.7 Å². The fraction of sp³-hybridized carbons (Fsp3) is 0.579. The quantitative estimate of drug-likeness (QED) is 0.805. The number of carbonyl (C=O) groups is 2. The van der Waals surface area contributed by atoms with Gasteiger partial charge in [-0.25, -0.2) is 4.79 Å². The summed E-state index contributed by atoms with van der Waals surface area (Å²) in [6, 6.07) is 5.21. The first-order valence-corrected chi connectivity index (χ1v) is 9.09. The lowest BCUT2D eigenvalue weighted by atomic mass is 9.97. The van der Waals surface area contributed by atoms with Gasteiger partial charge in [-0.05, 0) is 50.8 Å². The van der Waals surface area contributed by atoms with Gasteiger partial charge in [0, 0.05) is 25.2 Å². The summed E-state index contributed by atoms with van der Waals surface area (Å²) in [5, 5.41) is 2.98. The molecule has 0 unspecified atom stereocenters. The van der Waals surface area contributed by atoms with Gasteiger partial charge in [0.25, 0.3) is 5.91 Å². The maximum atomic E-state index is 12.4. The number of ether oxygens (including phenoxy) is 3. The van der Waals surface area contributed by atoms with Crippen molar-refractivity contribution in [2.75, 3.05) is 40.0 Å². The molecule has 1 aliphatic heterocycles. The molecule has 1 aliphatic rings. The minimum atomic E-state index is -0.287. The average molecular weight is 364 g/mol. The predicted molar refractivity (Wildman–Crippen MR) is 97.8 cm³/mol. The van der Waals surface area contributed by atoms with E-state index in [0.29, 0.717) is 55.8 Å². The number of rotatable bonds is 7. The second kappa shape index (κ2) is 9.89. The van der Waals surface area contributed by atoms with E-state index in [9.17, 15) is 9.59 Å². The van der Waals surface area contributed by atoms with Gasteiger partial charge in [-0.1, -0.05) is 0 Å². The average Bonchev–Trinajstić information content (AvgIpc) is 2.67. The topological polar surface area (TPSA) is 77.1 Å². The highest BCUT2D eigenvalue weighted by Crippen LogP contribution is 2.28. The van der Waals surface area contributed by atoms with Gasteiger partial charge in [0.2, 0.25) is 0 Å². The summed E-state index contributed by atoms with van der Waals surface area (Å²) in [6.07, 6.45) is 1.41. The Morgan fingerprint density at radius 3 is 2.38 bits per heavy atom. The Labute approximate surface area is 154 Å². The molecule has 7 heteroatoms. The molecule has 144 valence electrons. The van der Waals surface area contributed by atoms with E-state index in [-0.39, 0.29) is 12.0 Å². The highest BCUT2D eigenvalue weighted by molar-refractivity contribution is 5.94. The van der Waals surface area contributed by atoms with Crippen LogP contribution in [0.15, 0.2) is 18.2 Å². The number of likely N-dealkylation sites (tertiary alicyclic amines) is 1. The number of nitrogens with one attached hydrogen (secondary N) is 1. The van der Waals surface area contributed by atoms with Crippen molar-refractivity contribution in [3.05, 3.63) is 23.8 Å². The van der Waals surface area contributed by atoms with Crippen LogP contribution in [0, 0.1) is 5.92 Å². The summed E-state index contributed by atoms with van der Waals surface area (Å²) < 4.78 is 15.8. The Hall–Kier alpha value is -2.44. The molecule has 0 atom stereocenters. The van der Waals surface area contributed by atoms with Crippen molar-refractivity contribution >= 4 is 12.0 Å². The second-order valence-corrected chi connectivity index (χ2v) is 6.14. The largest absolute Gasteiger partial charge is 0.490 e. The molecule has 1 aromatic rings.